The van der Waals surface area contributed by atoms with Crippen LogP contribution in [0.1, 0.15) is 0 Å². The molecule has 0 spiro atoms. The molecular formula is C44H27NOS. The van der Waals surface area contributed by atoms with Gasteiger partial charge in [-0.2, -0.15) is 0 Å². The molecular weight excluding hydrogens is 591 g/mol. The Kier molecular flexibility index (Phi) is 5.78. The summed E-state index contributed by atoms with van der Waals surface area (Å²) in [6.07, 6.45) is 0. The monoisotopic (exact) mass is 617 g/mol. The first-order valence-corrected chi connectivity index (χ1v) is 16.7. The van der Waals surface area contributed by atoms with E-state index in [1.807, 2.05) is 23.5 Å². The van der Waals surface area contributed by atoms with E-state index in [4.69, 9.17) is 4.42 Å². The lowest BCUT2D eigenvalue weighted by Gasteiger charge is -2.26. The van der Waals surface area contributed by atoms with Gasteiger partial charge in [0.15, 0.2) is 0 Å². The maximum atomic E-state index is 6.23. The lowest BCUT2D eigenvalue weighted by atomic mass is 10.0. The van der Waals surface area contributed by atoms with Crippen molar-refractivity contribution in [2.75, 3.05) is 4.90 Å². The highest BCUT2D eigenvalue weighted by molar-refractivity contribution is 7.27. The van der Waals surface area contributed by atoms with Crippen LogP contribution in [-0.4, -0.2) is 0 Å². The van der Waals surface area contributed by atoms with Gasteiger partial charge in [0.2, 0.25) is 0 Å². The standard InChI is InChI=1S/C44H27NOS/c1-2-10-31-26-32(17-16-28(31)8-1)29-18-21-33(22-19-29)45(34-23-25-42-39(27-34)36-12-5-6-15-41(36)46-42)40-14-7-13-37-38-24-20-30-9-3-4-11-35(30)43(38)47-44(37)40/h1-27H. The molecule has 0 aliphatic heterocycles. The van der Waals surface area contributed by atoms with Crippen LogP contribution in [0.25, 0.3) is 74.8 Å². The molecule has 0 unspecified atom stereocenters. The summed E-state index contributed by atoms with van der Waals surface area (Å²) in [6, 6.07) is 59.1. The molecule has 10 rings (SSSR count). The molecule has 0 fully saturated rings. The molecule has 8 aromatic carbocycles. The van der Waals surface area contributed by atoms with Crippen molar-refractivity contribution in [1.82, 2.24) is 0 Å². The van der Waals surface area contributed by atoms with Crippen molar-refractivity contribution in [3.05, 3.63) is 164 Å². The Hall–Kier alpha value is -5.90. The molecule has 0 saturated heterocycles. The first kappa shape index (κ1) is 26.3. The molecule has 0 radical (unpaired) electrons. The fourth-order valence-corrected chi connectivity index (χ4v) is 8.48. The fourth-order valence-electron chi connectivity index (χ4n) is 7.14. The second-order valence-electron chi connectivity index (χ2n) is 12.1. The molecule has 2 heterocycles. The third kappa shape index (κ3) is 4.17. The van der Waals surface area contributed by atoms with Gasteiger partial charge in [-0.15, -0.1) is 11.3 Å². The number of thiophene rings is 1. The van der Waals surface area contributed by atoms with Gasteiger partial charge in [-0.3, -0.25) is 0 Å². The summed E-state index contributed by atoms with van der Waals surface area (Å²) >= 11 is 1.88. The van der Waals surface area contributed by atoms with Gasteiger partial charge in [-0.25, -0.2) is 0 Å². The number of anilines is 3. The number of fused-ring (bicyclic) bond motifs is 9. The minimum atomic E-state index is 0.896. The fraction of sp³-hybridized carbons (Fsp3) is 0. The van der Waals surface area contributed by atoms with Crippen LogP contribution in [0.5, 0.6) is 0 Å². The van der Waals surface area contributed by atoms with Gasteiger partial charge < -0.3 is 9.32 Å². The van der Waals surface area contributed by atoms with Crippen LogP contribution < -0.4 is 4.90 Å². The normalized spacial score (nSPS) is 11.8. The van der Waals surface area contributed by atoms with Crippen molar-refractivity contribution in [2.24, 2.45) is 0 Å². The van der Waals surface area contributed by atoms with Gasteiger partial charge in [0, 0.05) is 37.6 Å². The van der Waals surface area contributed by atoms with Crippen LogP contribution in [0.3, 0.4) is 0 Å². The lowest BCUT2D eigenvalue weighted by Crippen LogP contribution is -2.10. The average molecular weight is 618 g/mol. The summed E-state index contributed by atoms with van der Waals surface area (Å²) in [5.74, 6) is 0. The van der Waals surface area contributed by atoms with Crippen LogP contribution in [0, 0.1) is 0 Å². The van der Waals surface area contributed by atoms with Gasteiger partial charge in [0.1, 0.15) is 11.2 Å². The van der Waals surface area contributed by atoms with E-state index < -0.39 is 0 Å². The van der Waals surface area contributed by atoms with Gasteiger partial charge in [-0.1, -0.05) is 115 Å². The average Bonchev–Trinajstić information content (AvgIpc) is 3.71. The number of hydrogen-bond donors (Lipinski definition) is 0. The minimum Gasteiger partial charge on any atom is -0.456 e. The quantitative estimate of drug-likeness (QED) is 0.195. The Balaban J connectivity index is 1.19. The van der Waals surface area contributed by atoms with Crippen molar-refractivity contribution in [3.63, 3.8) is 0 Å². The zero-order chi connectivity index (χ0) is 30.9. The summed E-state index contributed by atoms with van der Waals surface area (Å²) in [5.41, 5.74) is 7.58. The summed E-state index contributed by atoms with van der Waals surface area (Å²) in [4.78, 5) is 2.41. The number of para-hydroxylation sites is 1. The van der Waals surface area contributed by atoms with Crippen LogP contribution >= 0.6 is 11.3 Å². The Morgan fingerprint density at radius 2 is 1.04 bits per heavy atom. The molecule has 0 atom stereocenters. The maximum Gasteiger partial charge on any atom is 0.135 e. The predicted octanol–water partition coefficient (Wildman–Crippen LogP) is 13.4. The summed E-state index contributed by atoms with van der Waals surface area (Å²) in [5, 5.41) is 9.90. The first-order valence-electron chi connectivity index (χ1n) is 15.9. The van der Waals surface area contributed by atoms with E-state index in [-0.39, 0.29) is 0 Å². The second kappa shape index (κ2) is 10.3. The predicted molar refractivity (Wildman–Crippen MR) is 202 cm³/mol. The number of rotatable bonds is 4. The minimum absolute atomic E-state index is 0.896. The second-order valence-corrected chi connectivity index (χ2v) is 13.2. The smallest absolute Gasteiger partial charge is 0.135 e. The van der Waals surface area contributed by atoms with Gasteiger partial charge in [0.25, 0.3) is 0 Å². The van der Waals surface area contributed by atoms with E-state index in [1.54, 1.807) is 0 Å². The first-order chi connectivity index (χ1) is 23.3. The van der Waals surface area contributed by atoms with Crippen molar-refractivity contribution in [3.8, 4) is 11.1 Å². The van der Waals surface area contributed by atoms with Crippen molar-refractivity contribution >= 4 is 92.1 Å². The topological polar surface area (TPSA) is 16.4 Å². The Bertz CT molecular complexity index is 2810. The van der Waals surface area contributed by atoms with Crippen molar-refractivity contribution < 1.29 is 4.42 Å². The molecule has 0 amide bonds. The Morgan fingerprint density at radius 3 is 1.94 bits per heavy atom. The third-order valence-corrected chi connectivity index (χ3v) is 10.7. The molecule has 220 valence electrons. The summed E-state index contributed by atoms with van der Waals surface area (Å²) in [6.45, 7) is 0. The summed E-state index contributed by atoms with van der Waals surface area (Å²) in [7, 11) is 0. The lowest BCUT2D eigenvalue weighted by molar-refractivity contribution is 0.669. The van der Waals surface area contributed by atoms with E-state index in [9.17, 15) is 0 Å². The van der Waals surface area contributed by atoms with Crippen LogP contribution in [0.2, 0.25) is 0 Å². The molecule has 0 aliphatic carbocycles. The molecule has 0 saturated carbocycles. The zero-order valence-corrected chi connectivity index (χ0v) is 26.2. The van der Waals surface area contributed by atoms with Crippen LogP contribution in [-0.2, 0) is 0 Å². The zero-order valence-electron chi connectivity index (χ0n) is 25.4. The molecule has 2 aromatic heterocycles. The molecule has 0 N–H and O–H groups in total. The van der Waals surface area contributed by atoms with E-state index in [1.165, 1.54) is 58.5 Å². The van der Waals surface area contributed by atoms with Crippen LogP contribution in [0.4, 0.5) is 17.1 Å². The SMILES string of the molecule is c1ccc2cc(-c3ccc(N(c4ccc5oc6ccccc6c5c4)c4cccc5c4sc4c6ccccc6ccc54)cc3)ccc2c1. The van der Waals surface area contributed by atoms with E-state index >= 15 is 0 Å². The molecule has 3 heteroatoms. The number of benzene rings is 8. The molecule has 0 bridgehead atoms. The van der Waals surface area contributed by atoms with Crippen molar-refractivity contribution in [2.45, 2.75) is 0 Å². The van der Waals surface area contributed by atoms with E-state index in [0.29, 0.717) is 0 Å². The van der Waals surface area contributed by atoms with Crippen LogP contribution in [0.15, 0.2) is 168 Å². The van der Waals surface area contributed by atoms with Gasteiger partial charge in [0.05, 0.1) is 10.4 Å². The summed E-state index contributed by atoms with van der Waals surface area (Å²) < 4.78 is 8.83. The molecule has 0 aliphatic rings. The largest absolute Gasteiger partial charge is 0.456 e. The maximum absolute atomic E-state index is 6.23. The Morgan fingerprint density at radius 1 is 0.383 bits per heavy atom. The van der Waals surface area contributed by atoms with Crippen molar-refractivity contribution in [1.29, 1.82) is 0 Å². The number of nitrogens with zero attached hydrogens (tertiary/aromatic N) is 1. The highest BCUT2D eigenvalue weighted by atomic mass is 32.1. The molecule has 2 nitrogen and oxygen atoms in total. The molecule has 47 heavy (non-hydrogen) atoms. The number of furan rings is 1. The van der Waals surface area contributed by atoms with Gasteiger partial charge >= 0.3 is 0 Å². The Labute approximate surface area is 275 Å². The van der Waals surface area contributed by atoms with Gasteiger partial charge in [-0.05, 0) is 81.2 Å². The van der Waals surface area contributed by atoms with E-state index in [0.717, 1.165) is 33.3 Å². The highest BCUT2D eigenvalue weighted by Gasteiger charge is 2.20. The third-order valence-electron chi connectivity index (χ3n) is 9.44. The van der Waals surface area contributed by atoms with E-state index in [2.05, 4.69) is 157 Å². The number of hydrogen-bond acceptors (Lipinski definition) is 3. The molecule has 10 aromatic rings. The highest BCUT2D eigenvalue weighted by Crippen LogP contribution is 2.47.